The molecule has 8 heteroatoms. The molecule has 0 spiro atoms. The van der Waals surface area contributed by atoms with Gasteiger partial charge in [0.2, 0.25) is 0 Å². The molecule has 1 aliphatic heterocycles. The summed E-state index contributed by atoms with van der Waals surface area (Å²) in [6, 6.07) is 11.2. The van der Waals surface area contributed by atoms with Crippen molar-refractivity contribution >= 4 is 16.9 Å². The average molecular weight is 434 g/mol. The van der Waals surface area contributed by atoms with Crippen LogP contribution in [0.15, 0.2) is 60.2 Å². The number of ether oxygens (including phenoxy) is 2. The van der Waals surface area contributed by atoms with Gasteiger partial charge in [-0.25, -0.2) is 4.98 Å². The summed E-state index contributed by atoms with van der Waals surface area (Å²) < 4.78 is 12.2. The van der Waals surface area contributed by atoms with Gasteiger partial charge in [-0.2, -0.15) is 0 Å². The Morgan fingerprint density at radius 1 is 1.19 bits per heavy atom. The number of morpholine rings is 1. The number of pyridine rings is 2. The number of benzene rings is 1. The van der Waals surface area contributed by atoms with Crippen LogP contribution in [0.5, 0.6) is 5.75 Å². The van der Waals surface area contributed by atoms with E-state index in [1.807, 2.05) is 30.3 Å². The molecule has 4 rings (SSSR count). The van der Waals surface area contributed by atoms with Crippen molar-refractivity contribution in [3.8, 4) is 16.9 Å². The van der Waals surface area contributed by atoms with Gasteiger partial charge in [0.05, 0.1) is 20.3 Å². The van der Waals surface area contributed by atoms with Crippen LogP contribution < -0.4 is 15.6 Å². The molecule has 1 saturated heterocycles. The van der Waals surface area contributed by atoms with Crippen LogP contribution in [0.2, 0.25) is 0 Å². The zero-order valence-electron chi connectivity index (χ0n) is 18.0. The van der Waals surface area contributed by atoms with E-state index in [0.29, 0.717) is 37.3 Å². The van der Waals surface area contributed by atoms with Gasteiger partial charge in [-0.05, 0) is 36.0 Å². The lowest BCUT2D eigenvalue weighted by Crippen LogP contribution is -2.40. The normalized spacial score (nSPS) is 14.3. The fourth-order valence-electron chi connectivity index (χ4n) is 3.81. The zero-order chi connectivity index (χ0) is 22.5. The molecule has 1 aliphatic rings. The Labute approximate surface area is 186 Å². The molecule has 1 amide bonds. The lowest BCUT2D eigenvalue weighted by Gasteiger charge is -2.27. The Balaban J connectivity index is 1.76. The molecule has 1 aromatic carbocycles. The summed E-state index contributed by atoms with van der Waals surface area (Å²) in [7, 11) is 1.62. The Hall–Kier alpha value is -3.49. The lowest BCUT2D eigenvalue weighted by molar-refractivity contribution is 0.0364. The molecule has 32 heavy (non-hydrogen) atoms. The second-order valence-corrected chi connectivity index (χ2v) is 7.51. The van der Waals surface area contributed by atoms with Crippen LogP contribution in [0.25, 0.3) is 22.2 Å². The zero-order valence-corrected chi connectivity index (χ0v) is 18.0. The highest BCUT2D eigenvalue weighted by atomic mass is 16.5. The third-order valence-corrected chi connectivity index (χ3v) is 5.57. The second kappa shape index (κ2) is 9.76. The lowest BCUT2D eigenvalue weighted by atomic mass is 10.1. The van der Waals surface area contributed by atoms with Gasteiger partial charge in [0.15, 0.2) is 0 Å². The van der Waals surface area contributed by atoms with E-state index in [1.165, 1.54) is 6.20 Å². The van der Waals surface area contributed by atoms with Gasteiger partial charge in [0.25, 0.3) is 11.5 Å². The number of fused-ring (bicyclic) bond motifs is 1. The van der Waals surface area contributed by atoms with E-state index in [0.717, 1.165) is 30.0 Å². The van der Waals surface area contributed by atoms with Crippen molar-refractivity contribution in [2.24, 2.45) is 0 Å². The number of amides is 1. The average Bonchev–Trinajstić information content (AvgIpc) is 2.83. The molecule has 0 saturated carbocycles. The molecular formula is C24H26N4O4. The molecule has 0 radical (unpaired) electrons. The maximum atomic E-state index is 13.2. The van der Waals surface area contributed by atoms with Crippen molar-refractivity contribution < 1.29 is 14.3 Å². The van der Waals surface area contributed by atoms with Crippen LogP contribution in [0, 0.1) is 0 Å². The predicted octanol–water partition coefficient (Wildman–Crippen LogP) is 2.28. The van der Waals surface area contributed by atoms with E-state index in [-0.39, 0.29) is 11.1 Å². The smallest absolute Gasteiger partial charge is 0.265 e. The molecule has 0 atom stereocenters. The number of carbonyl (C=O) groups excluding carboxylic acids is 1. The maximum absolute atomic E-state index is 13.2. The summed E-state index contributed by atoms with van der Waals surface area (Å²) in [5, 5.41) is 3.23. The second-order valence-electron chi connectivity index (χ2n) is 7.51. The molecule has 8 nitrogen and oxygen atoms in total. The van der Waals surface area contributed by atoms with Gasteiger partial charge in [0.1, 0.15) is 17.0 Å². The van der Waals surface area contributed by atoms with E-state index in [9.17, 15) is 9.59 Å². The Kier molecular flexibility index (Phi) is 6.63. The fourth-order valence-corrected chi connectivity index (χ4v) is 3.81. The third-order valence-electron chi connectivity index (χ3n) is 5.57. The van der Waals surface area contributed by atoms with Crippen molar-refractivity contribution in [2.45, 2.75) is 6.54 Å². The van der Waals surface area contributed by atoms with Gasteiger partial charge in [-0.3, -0.25) is 19.1 Å². The quantitative estimate of drug-likeness (QED) is 0.614. The Morgan fingerprint density at radius 3 is 2.62 bits per heavy atom. The highest BCUT2D eigenvalue weighted by Crippen LogP contribution is 2.25. The maximum Gasteiger partial charge on any atom is 0.265 e. The molecule has 0 aliphatic carbocycles. The van der Waals surface area contributed by atoms with E-state index in [2.05, 4.69) is 21.8 Å². The number of nitrogens with one attached hydrogen (secondary N) is 1. The number of carbonyl (C=O) groups is 1. The first kappa shape index (κ1) is 21.7. The van der Waals surface area contributed by atoms with Crippen LogP contribution in [0.1, 0.15) is 10.4 Å². The van der Waals surface area contributed by atoms with Gasteiger partial charge in [-0.15, -0.1) is 0 Å². The first-order chi connectivity index (χ1) is 15.6. The molecular weight excluding hydrogens is 408 g/mol. The van der Waals surface area contributed by atoms with Crippen LogP contribution in [0.3, 0.4) is 0 Å². The summed E-state index contributed by atoms with van der Waals surface area (Å²) in [5.74, 6) is 0.282. The van der Waals surface area contributed by atoms with E-state index < -0.39 is 5.91 Å². The van der Waals surface area contributed by atoms with Gasteiger partial charge >= 0.3 is 0 Å². The Bertz CT molecular complexity index is 1180. The van der Waals surface area contributed by atoms with Gasteiger partial charge in [-0.1, -0.05) is 18.7 Å². The van der Waals surface area contributed by atoms with Crippen LogP contribution in [-0.4, -0.2) is 60.3 Å². The predicted molar refractivity (Wildman–Crippen MR) is 123 cm³/mol. The SMILES string of the molecule is C=CNC(=O)c1cc2cc(-c3ccc(OC)cc3)cnc2n(CCN2CCOCC2)c1=O. The molecule has 2 aromatic heterocycles. The minimum atomic E-state index is -0.484. The van der Waals surface area contributed by atoms with E-state index in [4.69, 9.17) is 9.47 Å². The molecule has 166 valence electrons. The van der Waals surface area contributed by atoms with Crippen molar-refractivity contribution in [3.05, 3.63) is 71.3 Å². The number of methoxy groups -OCH3 is 1. The minimum absolute atomic E-state index is 0.0630. The largest absolute Gasteiger partial charge is 0.497 e. The number of nitrogens with zero attached hydrogens (tertiary/aromatic N) is 3. The molecule has 3 aromatic rings. The minimum Gasteiger partial charge on any atom is -0.497 e. The first-order valence-electron chi connectivity index (χ1n) is 10.5. The summed E-state index contributed by atoms with van der Waals surface area (Å²) >= 11 is 0. The highest BCUT2D eigenvalue weighted by Gasteiger charge is 2.18. The monoisotopic (exact) mass is 434 g/mol. The molecule has 1 N–H and O–H groups in total. The molecule has 0 unspecified atom stereocenters. The number of aromatic nitrogens is 2. The summed E-state index contributed by atoms with van der Waals surface area (Å²) in [6.45, 7) is 7.63. The fraction of sp³-hybridized carbons (Fsp3) is 0.292. The van der Waals surface area contributed by atoms with Crippen LogP contribution in [0.4, 0.5) is 0 Å². The summed E-state index contributed by atoms with van der Waals surface area (Å²) in [6.07, 6.45) is 3.02. The van der Waals surface area contributed by atoms with Crippen molar-refractivity contribution in [3.63, 3.8) is 0 Å². The van der Waals surface area contributed by atoms with E-state index >= 15 is 0 Å². The number of hydrogen-bond acceptors (Lipinski definition) is 6. The third kappa shape index (κ3) is 4.56. The van der Waals surface area contributed by atoms with Crippen LogP contribution >= 0.6 is 0 Å². The first-order valence-corrected chi connectivity index (χ1v) is 10.5. The molecule has 0 bridgehead atoms. The standard InChI is InChI=1S/C24H26N4O4/c1-3-25-23(29)21-15-18-14-19(17-4-6-20(31-2)7-5-17)16-26-22(18)28(24(21)30)9-8-27-10-12-32-13-11-27/h3-7,14-16H,1,8-13H2,2H3,(H,25,29). The van der Waals surface area contributed by atoms with Crippen molar-refractivity contribution in [1.82, 2.24) is 19.8 Å². The Morgan fingerprint density at radius 2 is 1.94 bits per heavy atom. The van der Waals surface area contributed by atoms with Crippen LogP contribution in [-0.2, 0) is 11.3 Å². The topological polar surface area (TPSA) is 85.7 Å². The highest BCUT2D eigenvalue weighted by molar-refractivity contribution is 5.97. The van der Waals surface area contributed by atoms with Gasteiger partial charge in [0, 0.05) is 43.3 Å². The van der Waals surface area contributed by atoms with Crippen molar-refractivity contribution in [1.29, 1.82) is 0 Å². The molecule has 1 fully saturated rings. The summed E-state index contributed by atoms with van der Waals surface area (Å²) in [5.41, 5.74) is 2.09. The van der Waals surface area contributed by atoms with E-state index in [1.54, 1.807) is 23.9 Å². The molecule has 3 heterocycles. The number of rotatable bonds is 7. The number of hydrogen-bond donors (Lipinski definition) is 1. The summed E-state index contributed by atoms with van der Waals surface area (Å²) in [4.78, 5) is 32.6. The van der Waals surface area contributed by atoms with Gasteiger partial charge < -0.3 is 14.8 Å². The van der Waals surface area contributed by atoms with Crippen molar-refractivity contribution in [2.75, 3.05) is 40.0 Å².